The van der Waals surface area contributed by atoms with E-state index in [9.17, 15) is 19.8 Å². The van der Waals surface area contributed by atoms with Gasteiger partial charge in [-0.25, -0.2) is 9.59 Å². The lowest BCUT2D eigenvalue weighted by Gasteiger charge is -2.32. The van der Waals surface area contributed by atoms with E-state index in [-0.39, 0.29) is 23.4 Å². The lowest BCUT2D eigenvalue weighted by Crippen LogP contribution is -2.39. The molecular formula is C31H42N2O6. The number of carbonyl (C=O) groups is 2. The van der Waals surface area contributed by atoms with Crippen LogP contribution in [0.15, 0.2) is 36.4 Å². The normalized spacial score (nSPS) is 19.5. The van der Waals surface area contributed by atoms with Gasteiger partial charge in [-0.05, 0) is 62.1 Å². The van der Waals surface area contributed by atoms with Gasteiger partial charge in [0, 0.05) is 36.3 Å². The molecule has 0 amide bonds. The second kappa shape index (κ2) is 13.8. The van der Waals surface area contributed by atoms with Crippen LogP contribution < -0.4 is 0 Å². The average molecular weight is 539 g/mol. The zero-order valence-corrected chi connectivity index (χ0v) is 23.2. The second-order valence-electron chi connectivity index (χ2n) is 10.7. The third kappa shape index (κ3) is 7.31. The Bertz CT molecular complexity index is 1050. The SMILES string of the molecule is CCCCOC(=O)c1ccc(O)c(CN2CN(Cc3cc(C(=O)OCCCC)ccc3O)[C@H]3CCCC[C@H]32)c1. The largest absolute Gasteiger partial charge is 0.508 e. The molecule has 2 N–H and O–H groups in total. The molecule has 2 aromatic rings. The summed E-state index contributed by atoms with van der Waals surface area (Å²) in [5.41, 5.74) is 2.29. The Morgan fingerprint density at radius 3 is 1.62 bits per heavy atom. The van der Waals surface area contributed by atoms with Crippen LogP contribution in [0.2, 0.25) is 0 Å². The molecule has 8 nitrogen and oxygen atoms in total. The highest BCUT2D eigenvalue weighted by Gasteiger charge is 2.41. The van der Waals surface area contributed by atoms with Crippen molar-refractivity contribution >= 4 is 11.9 Å². The summed E-state index contributed by atoms with van der Waals surface area (Å²) < 4.78 is 10.7. The predicted octanol–water partition coefficient (Wildman–Crippen LogP) is 5.60. The van der Waals surface area contributed by atoms with E-state index in [2.05, 4.69) is 9.80 Å². The first-order valence-corrected chi connectivity index (χ1v) is 14.4. The van der Waals surface area contributed by atoms with Gasteiger partial charge in [-0.2, -0.15) is 0 Å². The number of aromatic hydroxyl groups is 2. The van der Waals surface area contributed by atoms with E-state index in [1.165, 1.54) is 0 Å². The highest BCUT2D eigenvalue weighted by atomic mass is 16.5. The summed E-state index contributed by atoms with van der Waals surface area (Å²) in [5, 5.41) is 21.2. The van der Waals surface area contributed by atoms with Gasteiger partial charge in [-0.3, -0.25) is 9.80 Å². The van der Waals surface area contributed by atoms with Crippen molar-refractivity contribution < 1.29 is 29.3 Å². The molecule has 2 aromatic carbocycles. The number of phenolic OH excluding ortho intramolecular Hbond substituents is 2. The van der Waals surface area contributed by atoms with E-state index in [4.69, 9.17) is 9.47 Å². The van der Waals surface area contributed by atoms with Gasteiger partial charge in [0.1, 0.15) is 11.5 Å². The quantitative estimate of drug-likeness (QED) is 0.266. The Labute approximate surface area is 231 Å². The van der Waals surface area contributed by atoms with Gasteiger partial charge in [0.2, 0.25) is 0 Å². The van der Waals surface area contributed by atoms with Gasteiger partial charge < -0.3 is 19.7 Å². The molecule has 0 spiro atoms. The van der Waals surface area contributed by atoms with Crippen LogP contribution in [0.1, 0.15) is 97.1 Å². The summed E-state index contributed by atoms with van der Waals surface area (Å²) in [7, 11) is 0. The first-order valence-electron chi connectivity index (χ1n) is 14.4. The summed E-state index contributed by atoms with van der Waals surface area (Å²) >= 11 is 0. The molecule has 4 rings (SSSR count). The number of esters is 2. The van der Waals surface area contributed by atoms with Crippen molar-refractivity contribution in [2.45, 2.75) is 90.4 Å². The van der Waals surface area contributed by atoms with Crippen LogP contribution in [0, 0.1) is 0 Å². The lowest BCUT2D eigenvalue weighted by molar-refractivity contribution is 0.0490. The fourth-order valence-electron chi connectivity index (χ4n) is 5.62. The Morgan fingerprint density at radius 1 is 0.769 bits per heavy atom. The third-order valence-electron chi connectivity index (χ3n) is 7.83. The molecule has 212 valence electrons. The van der Waals surface area contributed by atoms with E-state index in [0.717, 1.165) is 51.4 Å². The van der Waals surface area contributed by atoms with Crippen LogP contribution in [0.5, 0.6) is 11.5 Å². The molecule has 8 heteroatoms. The molecule has 0 unspecified atom stereocenters. The number of phenols is 2. The second-order valence-corrected chi connectivity index (χ2v) is 10.7. The number of hydrogen-bond donors (Lipinski definition) is 2. The molecule has 1 saturated carbocycles. The van der Waals surface area contributed by atoms with Crippen molar-refractivity contribution in [3.8, 4) is 11.5 Å². The van der Waals surface area contributed by atoms with Crippen molar-refractivity contribution in [1.82, 2.24) is 9.80 Å². The average Bonchev–Trinajstić information content (AvgIpc) is 3.28. The van der Waals surface area contributed by atoms with Gasteiger partial charge in [-0.15, -0.1) is 0 Å². The lowest BCUT2D eigenvalue weighted by atomic mass is 9.89. The molecule has 1 saturated heterocycles. The summed E-state index contributed by atoms with van der Waals surface area (Å²) in [4.78, 5) is 29.7. The number of nitrogens with zero attached hydrogens (tertiary/aromatic N) is 2. The minimum absolute atomic E-state index is 0.165. The maximum Gasteiger partial charge on any atom is 0.338 e. The van der Waals surface area contributed by atoms with Crippen LogP contribution in [0.25, 0.3) is 0 Å². The van der Waals surface area contributed by atoms with Crippen LogP contribution in [-0.4, -0.2) is 63.9 Å². The standard InChI is InChI=1S/C31H42N2O6/c1-3-5-15-38-30(36)22-11-13-28(34)24(17-22)19-32-21-33(27-10-8-7-9-26(27)32)20-25-18-23(12-14-29(25)35)31(37)39-16-6-4-2/h11-14,17-18,26-27,34-35H,3-10,15-16,19-21H2,1-2H3/t26-,27+. The summed E-state index contributed by atoms with van der Waals surface area (Å²) in [6, 6.07) is 10.5. The molecule has 0 aromatic heterocycles. The zero-order valence-electron chi connectivity index (χ0n) is 23.2. The van der Waals surface area contributed by atoms with E-state index >= 15 is 0 Å². The van der Waals surface area contributed by atoms with Crippen molar-refractivity contribution in [2.24, 2.45) is 0 Å². The van der Waals surface area contributed by atoms with E-state index in [0.29, 0.717) is 67.3 Å². The summed E-state index contributed by atoms with van der Waals surface area (Å²) in [6.07, 6.45) is 7.94. The number of rotatable bonds is 12. The number of carbonyl (C=O) groups excluding carboxylic acids is 2. The van der Waals surface area contributed by atoms with Crippen molar-refractivity contribution in [3.05, 3.63) is 58.7 Å². The summed E-state index contributed by atoms with van der Waals surface area (Å²) in [5.74, 6) is -0.408. The monoisotopic (exact) mass is 538 g/mol. The number of ether oxygens (including phenoxy) is 2. The zero-order chi connectivity index (χ0) is 27.8. The van der Waals surface area contributed by atoms with Crippen molar-refractivity contribution in [1.29, 1.82) is 0 Å². The predicted molar refractivity (Wildman–Crippen MR) is 149 cm³/mol. The van der Waals surface area contributed by atoms with Gasteiger partial charge in [0.05, 0.1) is 31.0 Å². The highest BCUT2D eigenvalue weighted by Crippen LogP contribution is 2.36. The van der Waals surface area contributed by atoms with Crippen LogP contribution in [0.3, 0.4) is 0 Å². The van der Waals surface area contributed by atoms with Crippen LogP contribution in [-0.2, 0) is 22.6 Å². The Morgan fingerprint density at radius 2 is 1.21 bits per heavy atom. The number of benzene rings is 2. The van der Waals surface area contributed by atoms with Crippen LogP contribution >= 0.6 is 0 Å². The number of unbranched alkanes of at least 4 members (excludes halogenated alkanes) is 2. The van der Waals surface area contributed by atoms with Gasteiger partial charge in [0.25, 0.3) is 0 Å². The maximum absolute atomic E-state index is 12.5. The summed E-state index contributed by atoms with van der Waals surface area (Å²) in [6.45, 7) is 6.55. The van der Waals surface area contributed by atoms with Crippen molar-refractivity contribution in [2.75, 3.05) is 19.9 Å². The molecule has 39 heavy (non-hydrogen) atoms. The molecule has 1 aliphatic heterocycles. The van der Waals surface area contributed by atoms with Crippen molar-refractivity contribution in [3.63, 3.8) is 0 Å². The highest BCUT2D eigenvalue weighted by molar-refractivity contribution is 5.90. The molecule has 1 heterocycles. The number of fused-ring (bicyclic) bond motifs is 1. The Balaban J connectivity index is 1.48. The van der Waals surface area contributed by atoms with E-state index in [1.807, 2.05) is 13.8 Å². The Hall–Kier alpha value is -3.10. The molecule has 2 fully saturated rings. The van der Waals surface area contributed by atoms with E-state index < -0.39 is 0 Å². The third-order valence-corrected chi connectivity index (χ3v) is 7.83. The topological polar surface area (TPSA) is 99.5 Å². The smallest absolute Gasteiger partial charge is 0.338 e. The van der Waals surface area contributed by atoms with Gasteiger partial charge in [0.15, 0.2) is 0 Å². The molecule has 0 bridgehead atoms. The molecule has 1 aliphatic carbocycles. The maximum atomic E-state index is 12.5. The Kier molecular flexibility index (Phi) is 10.2. The molecular weight excluding hydrogens is 496 g/mol. The minimum atomic E-state index is -0.369. The van der Waals surface area contributed by atoms with Gasteiger partial charge >= 0.3 is 11.9 Å². The molecule has 2 aliphatic rings. The van der Waals surface area contributed by atoms with Gasteiger partial charge in [-0.1, -0.05) is 39.5 Å². The minimum Gasteiger partial charge on any atom is -0.508 e. The van der Waals surface area contributed by atoms with Crippen LogP contribution in [0.4, 0.5) is 0 Å². The molecule has 0 radical (unpaired) electrons. The number of hydrogen-bond acceptors (Lipinski definition) is 8. The first-order chi connectivity index (χ1) is 18.9. The fourth-order valence-corrected chi connectivity index (χ4v) is 5.62. The fraction of sp³-hybridized carbons (Fsp3) is 0.548. The molecule has 2 atom stereocenters. The first kappa shape index (κ1) is 28.9. The van der Waals surface area contributed by atoms with E-state index in [1.54, 1.807) is 36.4 Å².